The van der Waals surface area contributed by atoms with Crippen molar-refractivity contribution in [3.63, 3.8) is 0 Å². The first-order chi connectivity index (χ1) is 12.0. The predicted molar refractivity (Wildman–Crippen MR) is 86.3 cm³/mol. The van der Waals surface area contributed by atoms with E-state index in [1.54, 1.807) is 0 Å². The van der Waals surface area contributed by atoms with Crippen molar-refractivity contribution in [1.29, 1.82) is 0 Å². The van der Waals surface area contributed by atoms with Gasteiger partial charge in [-0.15, -0.1) is 0 Å². The third-order valence-corrected chi connectivity index (χ3v) is 3.95. The SMILES string of the molecule is COC(N)(OC)c1cc(-n2c(=O)cc(C(F)(F)F)n(N)c2=O)ccc1Cl. The van der Waals surface area contributed by atoms with Crippen LogP contribution in [0.15, 0.2) is 33.9 Å². The standard InChI is InChI=1S/C14H14ClF3N4O4/c1-25-14(19,26-2)8-5-7(3-4-9(8)15)21-11(23)6-10(13(16,17)18)22(20)12(21)24/h3-6H,19-20H2,1-2H3. The Balaban J connectivity index is 2.77. The van der Waals surface area contributed by atoms with Gasteiger partial charge in [-0.3, -0.25) is 10.5 Å². The average molecular weight is 395 g/mol. The molecule has 0 amide bonds. The molecule has 2 aromatic rings. The summed E-state index contributed by atoms with van der Waals surface area (Å²) < 4.78 is 48.9. The van der Waals surface area contributed by atoms with Gasteiger partial charge >= 0.3 is 11.9 Å². The fourth-order valence-corrected chi connectivity index (χ4v) is 2.48. The number of halogens is 4. The van der Waals surface area contributed by atoms with Gasteiger partial charge in [0.25, 0.3) is 11.5 Å². The van der Waals surface area contributed by atoms with Crippen LogP contribution in [0.5, 0.6) is 0 Å². The quantitative estimate of drug-likeness (QED) is 0.584. The monoisotopic (exact) mass is 394 g/mol. The number of ether oxygens (including phenoxy) is 2. The molecule has 0 atom stereocenters. The second-order valence-electron chi connectivity index (χ2n) is 5.09. The molecule has 0 aliphatic carbocycles. The zero-order chi connectivity index (χ0) is 19.9. The van der Waals surface area contributed by atoms with Crippen LogP contribution < -0.4 is 22.8 Å². The lowest BCUT2D eigenvalue weighted by Gasteiger charge is -2.27. The van der Waals surface area contributed by atoms with Gasteiger partial charge in [-0.1, -0.05) is 11.6 Å². The fraction of sp³-hybridized carbons (Fsp3) is 0.286. The van der Waals surface area contributed by atoms with Gasteiger partial charge in [0, 0.05) is 25.8 Å². The molecule has 0 aliphatic rings. The van der Waals surface area contributed by atoms with E-state index < -0.39 is 29.0 Å². The summed E-state index contributed by atoms with van der Waals surface area (Å²) in [7, 11) is 2.45. The molecule has 8 nitrogen and oxygen atoms in total. The van der Waals surface area contributed by atoms with Crippen molar-refractivity contribution in [2.45, 2.75) is 12.1 Å². The van der Waals surface area contributed by atoms with Crippen LogP contribution >= 0.6 is 11.6 Å². The Labute approximate surface area is 149 Å². The first kappa shape index (κ1) is 20.0. The second kappa shape index (κ2) is 6.76. The maximum Gasteiger partial charge on any atom is 0.433 e. The summed E-state index contributed by atoms with van der Waals surface area (Å²) in [5, 5.41) is 0.0768. The molecule has 26 heavy (non-hydrogen) atoms. The third-order valence-electron chi connectivity index (χ3n) is 3.62. The van der Waals surface area contributed by atoms with E-state index in [4.69, 9.17) is 32.7 Å². The highest BCUT2D eigenvalue weighted by Crippen LogP contribution is 2.30. The average Bonchev–Trinajstić information content (AvgIpc) is 2.57. The first-order valence-corrected chi connectivity index (χ1v) is 7.25. The zero-order valence-electron chi connectivity index (χ0n) is 13.5. The van der Waals surface area contributed by atoms with Gasteiger partial charge in [-0.05, 0) is 18.2 Å². The highest BCUT2D eigenvalue weighted by Gasteiger charge is 2.36. The van der Waals surface area contributed by atoms with Crippen LogP contribution in [-0.4, -0.2) is 23.5 Å². The molecular formula is C14H14ClF3N4O4. The Bertz CT molecular complexity index is 951. The maximum atomic E-state index is 12.9. The largest absolute Gasteiger partial charge is 0.433 e. The Morgan fingerprint density at radius 3 is 2.19 bits per heavy atom. The molecular weight excluding hydrogens is 381 g/mol. The molecule has 0 saturated carbocycles. The molecule has 0 fully saturated rings. The normalized spacial score (nSPS) is 12.4. The Kier molecular flexibility index (Phi) is 5.19. The smallest absolute Gasteiger partial charge is 0.337 e. The minimum atomic E-state index is -4.98. The number of hydrogen-bond acceptors (Lipinski definition) is 6. The molecule has 12 heteroatoms. The number of nitrogen functional groups attached to an aromatic ring is 1. The Morgan fingerprint density at radius 2 is 1.69 bits per heavy atom. The van der Waals surface area contributed by atoms with Crippen molar-refractivity contribution in [3.8, 4) is 5.69 Å². The van der Waals surface area contributed by atoms with Gasteiger partial charge in [0.05, 0.1) is 10.7 Å². The van der Waals surface area contributed by atoms with Gasteiger partial charge in [-0.2, -0.15) is 13.2 Å². The molecule has 0 radical (unpaired) electrons. The van der Waals surface area contributed by atoms with Crippen molar-refractivity contribution in [2.75, 3.05) is 20.1 Å². The molecule has 1 aromatic carbocycles. The van der Waals surface area contributed by atoms with Crippen molar-refractivity contribution in [3.05, 3.63) is 61.4 Å². The molecule has 1 aromatic heterocycles. The van der Waals surface area contributed by atoms with Crippen molar-refractivity contribution < 1.29 is 22.6 Å². The van der Waals surface area contributed by atoms with Crippen LogP contribution in [0.25, 0.3) is 5.69 Å². The minimum absolute atomic E-state index is 0.0384. The molecule has 142 valence electrons. The molecule has 0 spiro atoms. The second-order valence-corrected chi connectivity index (χ2v) is 5.50. The van der Waals surface area contributed by atoms with Crippen molar-refractivity contribution in [1.82, 2.24) is 9.24 Å². The van der Waals surface area contributed by atoms with E-state index in [0.29, 0.717) is 4.57 Å². The van der Waals surface area contributed by atoms with E-state index in [1.165, 1.54) is 32.4 Å². The summed E-state index contributed by atoms with van der Waals surface area (Å²) in [4.78, 5) is 24.3. The number of methoxy groups -OCH3 is 2. The first-order valence-electron chi connectivity index (χ1n) is 6.87. The maximum absolute atomic E-state index is 12.9. The van der Waals surface area contributed by atoms with E-state index >= 15 is 0 Å². The van der Waals surface area contributed by atoms with E-state index in [9.17, 15) is 22.8 Å². The van der Waals surface area contributed by atoms with Gasteiger partial charge in [0.2, 0.25) is 0 Å². The number of aromatic nitrogens is 2. The van der Waals surface area contributed by atoms with Crippen LogP contribution in [-0.2, 0) is 21.6 Å². The number of hydrogen-bond donors (Lipinski definition) is 2. The van der Waals surface area contributed by atoms with Gasteiger partial charge in [-0.25, -0.2) is 14.0 Å². The van der Waals surface area contributed by atoms with Crippen LogP contribution in [0.1, 0.15) is 11.3 Å². The highest BCUT2D eigenvalue weighted by molar-refractivity contribution is 6.31. The third kappa shape index (κ3) is 3.33. The van der Waals surface area contributed by atoms with Gasteiger partial charge in [0.15, 0.2) is 5.69 Å². The number of benzene rings is 1. The van der Waals surface area contributed by atoms with Crippen LogP contribution in [0.3, 0.4) is 0 Å². The number of alkyl halides is 3. The molecule has 0 bridgehead atoms. The number of nitrogens with zero attached hydrogens (tertiary/aromatic N) is 2. The topological polar surface area (TPSA) is 114 Å². The summed E-state index contributed by atoms with van der Waals surface area (Å²) in [6.07, 6.45) is -4.98. The molecule has 1 heterocycles. The van der Waals surface area contributed by atoms with Crippen molar-refractivity contribution in [2.24, 2.45) is 5.73 Å². The van der Waals surface area contributed by atoms with E-state index in [2.05, 4.69) is 0 Å². The predicted octanol–water partition coefficient (Wildman–Crippen LogP) is 0.747. The number of rotatable bonds is 4. The lowest BCUT2D eigenvalue weighted by atomic mass is 10.1. The highest BCUT2D eigenvalue weighted by atomic mass is 35.5. The summed E-state index contributed by atoms with van der Waals surface area (Å²) in [6, 6.07) is 3.88. The number of nitrogens with two attached hydrogens (primary N) is 2. The molecule has 0 unspecified atom stereocenters. The van der Waals surface area contributed by atoms with E-state index in [0.717, 1.165) is 0 Å². The molecule has 0 aliphatic heterocycles. The van der Waals surface area contributed by atoms with Gasteiger partial charge in [0.1, 0.15) is 0 Å². The molecule has 0 saturated heterocycles. The lowest BCUT2D eigenvalue weighted by molar-refractivity contribution is -0.211. The minimum Gasteiger partial charge on any atom is -0.337 e. The Hall–Kier alpha value is -2.34. The van der Waals surface area contributed by atoms with Crippen LogP contribution in [0, 0.1) is 0 Å². The van der Waals surface area contributed by atoms with Crippen LogP contribution in [0.4, 0.5) is 13.2 Å². The van der Waals surface area contributed by atoms with Crippen molar-refractivity contribution >= 4 is 11.6 Å². The summed E-state index contributed by atoms with van der Waals surface area (Å²) >= 11 is 6.04. The zero-order valence-corrected chi connectivity index (χ0v) is 14.3. The van der Waals surface area contributed by atoms with Gasteiger partial charge < -0.3 is 15.3 Å². The summed E-state index contributed by atoms with van der Waals surface area (Å²) in [5.74, 6) is 3.39. The summed E-state index contributed by atoms with van der Waals surface area (Å²) in [5.41, 5.74) is 1.56. The van der Waals surface area contributed by atoms with E-state index in [1.807, 2.05) is 0 Å². The fourth-order valence-electron chi connectivity index (χ4n) is 2.23. The Morgan fingerprint density at radius 1 is 1.12 bits per heavy atom. The molecule has 2 rings (SSSR count). The summed E-state index contributed by atoms with van der Waals surface area (Å²) in [6.45, 7) is 0. The van der Waals surface area contributed by atoms with E-state index in [-0.39, 0.29) is 27.0 Å². The van der Waals surface area contributed by atoms with Crippen LogP contribution in [0.2, 0.25) is 5.02 Å². The molecule has 4 N–H and O–H groups in total. The lowest BCUT2D eigenvalue weighted by Crippen LogP contribution is -2.45.